The minimum atomic E-state index is -1.15. The average Bonchev–Trinajstić information content (AvgIpc) is 1.94. The lowest BCUT2D eigenvalue weighted by molar-refractivity contribution is -0.180. The fourth-order valence-electron chi connectivity index (χ4n) is 0.521. The normalized spacial score (nSPS) is 24.5. The molecule has 1 rings (SSSR count). The van der Waals surface area contributed by atoms with Crippen molar-refractivity contribution in [1.82, 2.24) is 0 Å². The van der Waals surface area contributed by atoms with Crippen LogP contribution in [0.25, 0.3) is 0 Å². The second-order valence-corrected chi connectivity index (χ2v) is 1.64. The number of ether oxygens (including phenoxy) is 2. The van der Waals surface area contributed by atoms with Crippen LogP contribution in [-0.2, 0) is 19.1 Å². The van der Waals surface area contributed by atoms with Crippen molar-refractivity contribution >= 4 is 11.9 Å². The molecule has 0 aliphatic carbocycles. The quantitative estimate of drug-likeness (QED) is 0.323. The molecule has 0 bridgehead atoms. The van der Waals surface area contributed by atoms with E-state index in [9.17, 15) is 9.59 Å². The van der Waals surface area contributed by atoms with Crippen LogP contribution < -0.4 is 0 Å². The van der Waals surface area contributed by atoms with Crippen LogP contribution in [0.1, 0.15) is 0 Å². The molecule has 0 aromatic carbocycles. The lowest BCUT2D eigenvalue weighted by Gasteiger charge is -2.16. The molecule has 0 aromatic rings. The first-order chi connectivity index (χ1) is 4.74. The van der Waals surface area contributed by atoms with Crippen LogP contribution in [0.15, 0.2) is 0 Å². The molecule has 4 nitrogen and oxygen atoms in total. The van der Waals surface area contributed by atoms with E-state index in [0.717, 1.165) is 0 Å². The van der Waals surface area contributed by atoms with E-state index in [2.05, 4.69) is 9.47 Å². The Bertz CT molecular complexity index is 212. The van der Waals surface area contributed by atoms with Gasteiger partial charge in [0.1, 0.15) is 0 Å². The average molecular weight is 140 g/mol. The van der Waals surface area contributed by atoms with Gasteiger partial charge in [-0.05, 0) is 0 Å². The summed E-state index contributed by atoms with van der Waals surface area (Å²) in [5, 5.41) is 0. The van der Waals surface area contributed by atoms with Crippen LogP contribution in [0, 0.1) is 12.3 Å². The highest BCUT2D eigenvalue weighted by molar-refractivity contribution is 5.87. The van der Waals surface area contributed by atoms with Crippen LogP contribution in [0.3, 0.4) is 0 Å². The van der Waals surface area contributed by atoms with Crippen molar-refractivity contribution in [1.29, 1.82) is 0 Å². The summed E-state index contributed by atoms with van der Waals surface area (Å²) in [6.07, 6.45) is 3.68. The summed E-state index contributed by atoms with van der Waals surface area (Å²) in [4.78, 5) is 20.9. The number of hydrogen-bond donors (Lipinski definition) is 0. The van der Waals surface area contributed by atoms with Crippen LogP contribution in [0.2, 0.25) is 0 Å². The second kappa shape index (κ2) is 2.40. The molecule has 0 amide bonds. The molecule has 1 heterocycles. The smallest absolute Gasteiger partial charge is 0.360 e. The van der Waals surface area contributed by atoms with Crippen molar-refractivity contribution in [3.8, 4) is 12.3 Å². The molecule has 0 saturated carbocycles. The van der Waals surface area contributed by atoms with Crippen molar-refractivity contribution in [2.24, 2.45) is 0 Å². The zero-order valence-electron chi connectivity index (χ0n) is 4.99. The molecule has 0 spiro atoms. The van der Waals surface area contributed by atoms with Gasteiger partial charge in [-0.15, -0.1) is 6.42 Å². The Hall–Kier alpha value is -1.50. The Morgan fingerprint density at radius 2 is 2.30 bits per heavy atom. The molecule has 0 N–H and O–H groups in total. The molecule has 1 aliphatic rings. The van der Waals surface area contributed by atoms with E-state index in [-0.39, 0.29) is 6.61 Å². The number of esters is 2. The Kier molecular flexibility index (Phi) is 1.59. The number of terminal acetylenes is 1. The fraction of sp³-hybridized carbons (Fsp3) is 0.333. The third-order valence-corrected chi connectivity index (χ3v) is 0.947. The van der Waals surface area contributed by atoms with Crippen molar-refractivity contribution in [3.63, 3.8) is 0 Å². The van der Waals surface area contributed by atoms with Gasteiger partial charge in [-0.3, -0.25) is 0 Å². The predicted molar refractivity (Wildman–Crippen MR) is 29.7 cm³/mol. The third kappa shape index (κ3) is 1.08. The summed E-state index contributed by atoms with van der Waals surface area (Å²) >= 11 is 0. The topological polar surface area (TPSA) is 52.6 Å². The van der Waals surface area contributed by atoms with Crippen LogP contribution in [-0.4, -0.2) is 24.6 Å². The molecular weight excluding hydrogens is 136 g/mol. The maximum atomic E-state index is 10.5. The Morgan fingerprint density at radius 1 is 1.60 bits per heavy atom. The summed E-state index contributed by atoms with van der Waals surface area (Å²) in [5.74, 6) is 0.679. The number of carbonyl (C=O) groups is 2. The molecule has 10 heavy (non-hydrogen) atoms. The molecule has 1 saturated heterocycles. The van der Waals surface area contributed by atoms with E-state index in [1.54, 1.807) is 0 Å². The van der Waals surface area contributed by atoms with Gasteiger partial charge in [0.05, 0.1) is 0 Å². The highest BCUT2D eigenvalue weighted by Crippen LogP contribution is 2.01. The van der Waals surface area contributed by atoms with E-state index in [1.165, 1.54) is 0 Å². The minimum absolute atomic E-state index is 0.336. The number of cyclic esters (lactones) is 2. The van der Waals surface area contributed by atoms with Crippen LogP contribution >= 0.6 is 0 Å². The zero-order chi connectivity index (χ0) is 7.56. The first-order valence-corrected chi connectivity index (χ1v) is 2.56. The van der Waals surface area contributed by atoms with Gasteiger partial charge in [0.15, 0.2) is 6.61 Å². The highest BCUT2D eigenvalue weighted by atomic mass is 16.6. The summed E-state index contributed by atoms with van der Waals surface area (Å²) in [6, 6.07) is 0. The maximum absolute atomic E-state index is 10.5. The van der Waals surface area contributed by atoms with Crippen molar-refractivity contribution in [2.75, 3.05) is 6.61 Å². The van der Waals surface area contributed by atoms with Gasteiger partial charge < -0.3 is 9.47 Å². The van der Waals surface area contributed by atoms with E-state index >= 15 is 0 Å². The molecule has 0 aromatic heterocycles. The maximum Gasteiger partial charge on any atom is 0.360 e. The van der Waals surface area contributed by atoms with Gasteiger partial charge in [0.2, 0.25) is 0 Å². The molecule has 1 atom stereocenters. The number of carbonyl (C=O) groups excluding carboxylic acids is 2. The molecule has 1 aliphatic heterocycles. The Morgan fingerprint density at radius 3 is 2.80 bits per heavy atom. The van der Waals surface area contributed by atoms with Crippen LogP contribution in [0.5, 0.6) is 0 Å². The van der Waals surface area contributed by atoms with Gasteiger partial charge in [0.25, 0.3) is 6.10 Å². The van der Waals surface area contributed by atoms with E-state index < -0.39 is 18.0 Å². The number of rotatable bonds is 0. The van der Waals surface area contributed by atoms with E-state index in [4.69, 9.17) is 6.42 Å². The Balaban J connectivity index is 2.64. The zero-order valence-corrected chi connectivity index (χ0v) is 4.99. The van der Waals surface area contributed by atoms with Gasteiger partial charge >= 0.3 is 11.9 Å². The first-order valence-electron chi connectivity index (χ1n) is 2.56. The molecule has 0 radical (unpaired) electrons. The monoisotopic (exact) mass is 140 g/mol. The highest BCUT2D eigenvalue weighted by Gasteiger charge is 2.28. The molecule has 1 fully saturated rings. The molecule has 4 heteroatoms. The van der Waals surface area contributed by atoms with Gasteiger partial charge in [-0.25, -0.2) is 9.59 Å². The molecule has 0 unspecified atom stereocenters. The second-order valence-electron chi connectivity index (χ2n) is 1.64. The SMILES string of the molecule is C#C[C@H]1OC(=O)COC1=O. The standard InChI is InChI=1S/C6H4O4/c1-2-4-6(8)9-3-5(7)10-4/h1,4H,3H2/t4-/m1/s1. The van der Waals surface area contributed by atoms with E-state index in [0.29, 0.717) is 0 Å². The lowest BCUT2D eigenvalue weighted by Crippen LogP contribution is -2.36. The van der Waals surface area contributed by atoms with E-state index in [1.807, 2.05) is 5.92 Å². The summed E-state index contributed by atoms with van der Waals surface area (Å²) in [7, 11) is 0. The number of hydrogen-bond acceptors (Lipinski definition) is 4. The van der Waals surface area contributed by atoms with Crippen molar-refractivity contribution < 1.29 is 19.1 Å². The molecule has 52 valence electrons. The van der Waals surface area contributed by atoms with Gasteiger partial charge in [0, 0.05) is 0 Å². The summed E-state index contributed by atoms with van der Waals surface area (Å²) < 4.78 is 8.74. The van der Waals surface area contributed by atoms with Crippen molar-refractivity contribution in [2.45, 2.75) is 6.10 Å². The third-order valence-electron chi connectivity index (χ3n) is 0.947. The summed E-state index contributed by atoms with van der Waals surface area (Å²) in [5.41, 5.74) is 0. The predicted octanol–water partition coefficient (Wildman–Crippen LogP) is -0.912. The van der Waals surface area contributed by atoms with Crippen LogP contribution in [0.4, 0.5) is 0 Å². The lowest BCUT2D eigenvalue weighted by atomic mass is 10.3. The Labute approximate surface area is 57.1 Å². The fourth-order valence-corrected chi connectivity index (χ4v) is 0.521. The van der Waals surface area contributed by atoms with Gasteiger partial charge in [-0.2, -0.15) is 0 Å². The molecular formula is C6H4O4. The summed E-state index contributed by atoms with van der Waals surface area (Å²) in [6.45, 7) is -0.336. The first kappa shape index (κ1) is 6.62. The largest absolute Gasteiger partial charge is 0.450 e. The van der Waals surface area contributed by atoms with Crippen molar-refractivity contribution in [3.05, 3.63) is 0 Å². The van der Waals surface area contributed by atoms with Gasteiger partial charge in [-0.1, -0.05) is 5.92 Å². The minimum Gasteiger partial charge on any atom is -0.450 e.